The zero-order valence-electron chi connectivity index (χ0n) is 11.2. The van der Waals surface area contributed by atoms with Crippen LogP contribution in [0.1, 0.15) is 13.3 Å². The smallest absolute Gasteiger partial charge is 0.287 e. The molecule has 0 aromatic rings. The molecule has 0 atom stereocenters. The molecule has 0 amide bonds. The molecule has 20 heavy (non-hydrogen) atoms. The first-order chi connectivity index (χ1) is 9.10. The van der Waals surface area contributed by atoms with Crippen LogP contribution in [0.5, 0.6) is 0 Å². The van der Waals surface area contributed by atoms with Crippen molar-refractivity contribution >= 4 is 28.1 Å². The predicted octanol–water partition coefficient (Wildman–Crippen LogP) is 0.422. The summed E-state index contributed by atoms with van der Waals surface area (Å²) < 4.78 is 78.1. The first-order valence-electron chi connectivity index (χ1n) is 5.20. The molecule has 0 fully saturated rings. The third-order valence-corrected chi connectivity index (χ3v) is 5.24. The van der Waals surface area contributed by atoms with Gasteiger partial charge in [-0.25, -0.2) is 4.57 Å². The summed E-state index contributed by atoms with van der Waals surface area (Å²) >= 11 is 0. The van der Waals surface area contributed by atoms with Crippen LogP contribution in [0, 0.1) is 0 Å². The van der Waals surface area contributed by atoms with E-state index in [1.165, 1.54) is 0 Å². The predicted molar refractivity (Wildman–Crippen MR) is 67.6 cm³/mol. The number of rotatable bonds is 11. The van der Waals surface area contributed by atoms with Crippen molar-refractivity contribution in [3.05, 3.63) is 0 Å². The van der Waals surface area contributed by atoms with E-state index in [1.54, 1.807) is 6.92 Å². The summed E-state index contributed by atoms with van der Waals surface area (Å²) in [6.45, 7) is 1.60. The molecule has 0 aromatic heterocycles. The first-order valence-corrected chi connectivity index (χ1v) is 9.81. The molecule has 0 saturated heterocycles. The monoisotopic (exact) mass is 356 g/mol. The Balaban J connectivity index is 4.79. The molecule has 0 aromatic carbocycles. The molecule has 0 bridgehead atoms. The lowest BCUT2D eigenvalue weighted by molar-refractivity contribution is 0.135. The Morgan fingerprint density at radius 2 is 1.25 bits per heavy atom. The highest BCUT2D eigenvalue weighted by molar-refractivity contribution is 7.87. The van der Waals surface area contributed by atoms with Gasteiger partial charge in [0.25, 0.3) is 20.2 Å². The highest BCUT2D eigenvalue weighted by Crippen LogP contribution is 2.50. The standard InChI is InChI=1S/C7H17O10PS2/c1-4-5-15-18(8,16-6-19(9,10)13-2)17-7-20(11,12)14-3/h4-7H2,1-3H3. The molecule has 0 radical (unpaired) electrons. The van der Waals surface area contributed by atoms with E-state index in [4.69, 9.17) is 4.52 Å². The normalized spacial score (nSPS) is 13.6. The zero-order chi connectivity index (χ0) is 15.9. The van der Waals surface area contributed by atoms with Crippen LogP contribution in [0.15, 0.2) is 0 Å². The van der Waals surface area contributed by atoms with Gasteiger partial charge in [0, 0.05) is 0 Å². The number of hydrogen-bond acceptors (Lipinski definition) is 10. The lowest BCUT2D eigenvalue weighted by Crippen LogP contribution is -2.15. The van der Waals surface area contributed by atoms with Gasteiger partial charge in [0.15, 0.2) is 11.9 Å². The third kappa shape index (κ3) is 8.27. The van der Waals surface area contributed by atoms with Crippen LogP contribution in [0.3, 0.4) is 0 Å². The van der Waals surface area contributed by atoms with Gasteiger partial charge in [-0.05, 0) is 6.42 Å². The van der Waals surface area contributed by atoms with Crippen molar-refractivity contribution in [1.29, 1.82) is 0 Å². The molecule has 0 rings (SSSR count). The van der Waals surface area contributed by atoms with Crippen molar-refractivity contribution in [1.82, 2.24) is 0 Å². The largest absolute Gasteiger partial charge is 0.476 e. The fourth-order valence-corrected chi connectivity index (χ4v) is 3.56. The maximum absolute atomic E-state index is 12.0. The third-order valence-electron chi connectivity index (χ3n) is 1.67. The van der Waals surface area contributed by atoms with Crippen molar-refractivity contribution < 1.29 is 43.3 Å². The van der Waals surface area contributed by atoms with Crippen LogP contribution < -0.4 is 0 Å². The summed E-state index contributed by atoms with van der Waals surface area (Å²) in [5.41, 5.74) is 0. The van der Waals surface area contributed by atoms with Gasteiger partial charge in [-0.1, -0.05) is 6.92 Å². The molecule has 10 nitrogen and oxygen atoms in total. The van der Waals surface area contributed by atoms with Crippen LogP contribution in [-0.2, 0) is 46.7 Å². The van der Waals surface area contributed by atoms with Crippen molar-refractivity contribution in [3.63, 3.8) is 0 Å². The van der Waals surface area contributed by atoms with Crippen molar-refractivity contribution in [2.45, 2.75) is 13.3 Å². The molecule has 13 heteroatoms. The number of phosphoric ester groups is 1. The van der Waals surface area contributed by atoms with E-state index < -0.39 is 39.9 Å². The molecule has 0 N–H and O–H groups in total. The molecule has 0 aliphatic carbocycles. The highest BCUT2D eigenvalue weighted by Gasteiger charge is 2.31. The number of phosphoric acid groups is 1. The molecule has 0 heterocycles. The molecule has 0 unspecified atom stereocenters. The molecule has 0 aliphatic rings. The first kappa shape index (κ1) is 19.9. The second-order valence-corrected chi connectivity index (χ2v) is 8.26. The second-order valence-electron chi connectivity index (χ2n) is 3.22. The Morgan fingerprint density at radius 1 is 0.850 bits per heavy atom. The quantitative estimate of drug-likeness (QED) is 0.379. The minimum atomic E-state index is -4.37. The van der Waals surface area contributed by atoms with Crippen molar-refractivity contribution in [2.24, 2.45) is 0 Å². The zero-order valence-corrected chi connectivity index (χ0v) is 13.7. The lowest BCUT2D eigenvalue weighted by Gasteiger charge is -2.16. The summed E-state index contributed by atoms with van der Waals surface area (Å²) in [5.74, 6) is -2.23. The summed E-state index contributed by atoms with van der Waals surface area (Å²) in [5, 5.41) is 0. The van der Waals surface area contributed by atoms with E-state index >= 15 is 0 Å². The van der Waals surface area contributed by atoms with E-state index in [0.29, 0.717) is 6.42 Å². The van der Waals surface area contributed by atoms with Crippen LogP contribution in [0.25, 0.3) is 0 Å². The minimum absolute atomic E-state index is 0.0860. The maximum atomic E-state index is 12.0. The Hall–Kier alpha value is -0.0700. The Morgan fingerprint density at radius 3 is 1.55 bits per heavy atom. The van der Waals surface area contributed by atoms with Crippen LogP contribution in [0.4, 0.5) is 0 Å². The summed E-state index contributed by atoms with van der Waals surface area (Å²) in [7, 11) is -10.8. The van der Waals surface area contributed by atoms with Gasteiger partial charge in [-0.15, -0.1) is 0 Å². The minimum Gasteiger partial charge on any atom is -0.287 e. The van der Waals surface area contributed by atoms with Crippen molar-refractivity contribution in [3.8, 4) is 0 Å². The molecule has 0 saturated carbocycles. The van der Waals surface area contributed by atoms with Gasteiger partial charge >= 0.3 is 7.82 Å². The van der Waals surface area contributed by atoms with Crippen LogP contribution in [-0.4, -0.2) is 49.5 Å². The van der Waals surface area contributed by atoms with Gasteiger partial charge in [0.05, 0.1) is 20.8 Å². The van der Waals surface area contributed by atoms with Gasteiger partial charge in [-0.3, -0.25) is 21.9 Å². The highest BCUT2D eigenvalue weighted by atomic mass is 32.2. The molecular formula is C7H17O10PS2. The summed E-state index contributed by atoms with van der Waals surface area (Å²) in [4.78, 5) is 0. The van der Waals surface area contributed by atoms with Gasteiger partial charge in [0.1, 0.15) is 0 Å². The SMILES string of the molecule is CCCOP(=O)(OCS(=O)(=O)OC)OCS(=O)(=O)OC. The Bertz CT molecular complexity index is 482. The topological polar surface area (TPSA) is 132 Å². The number of hydrogen-bond donors (Lipinski definition) is 0. The van der Waals surface area contributed by atoms with Crippen LogP contribution in [0.2, 0.25) is 0 Å². The van der Waals surface area contributed by atoms with E-state index in [0.717, 1.165) is 14.2 Å². The van der Waals surface area contributed by atoms with Gasteiger partial charge in [-0.2, -0.15) is 16.8 Å². The average molecular weight is 356 g/mol. The van der Waals surface area contributed by atoms with Gasteiger partial charge in [0.2, 0.25) is 0 Å². The summed E-state index contributed by atoms with van der Waals surface area (Å²) in [6, 6.07) is 0. The fraction of sp³-hybridized carbons (Fsp3) is 1.00. The Kier molecular flexibility index (Phi) is 8.36. The Labute approximate surface area is 118 Å². The molecular weight excluding hydrogens is 339 g/mol. The average Bonchev–Trinajstić information content (AvgIpc) is 2.41. The summed E-state index contributed by atoms with van der Waals surface area (Å²) in [6.07, 6.45) is 0.421. The molecule has 0 aliphatic heterocycles. The van der Waals surface area contributed by atoms with E-state index in [9.17, 15) is 21.4 Å². The molecule has 0 spiro atoms. The van der Waals surface area contributed by atoms with E-state index in [2.05, 4.69) is 17.4 Å². The van der Waals surface area contributed by atoms with Crippen LogP contribution >= 0.6 is 7.82 Å². The van der Waals surface area contributed by atoms with Gasteiger partial charge < -0.3 is 0 Å². The second kappa shape index (κ2) is 8.39. The lowest BCUT2D eigenvalue weighted by atomic mass is 10.5. The van der Waals surface area contributed by atoms with E-state index in [-0.39, 0.29) is 6.61 Å². The molecule has 122 valence electrons. The maximum Gasteiger partial charge on any atom is 0.476 e. The fourth-order valence-electron chi connectivity index (χ4n) is 0.669. The van der Waals surface area contributed by atoms with Crippen molar-refractivity contribution in [2.75, 3.05) is 32.7 Å². The van der Waals surface area contributed by atoms with E-state index in [1.807, 2.05) is 0 Å².